The fourth-order valence-corrected chi connectivity index (χ4v) is 4.23. The second-order valence-electron chi connectivity index (χ2n) is 8.52. The molecule has 2 aromatic rings. The number of hydrogen-bond donors (Lipinski definition) is 0. The number of hydrogen-bond acceptors (Lipinski definition) is 5. The van der Waals surface area contributed by atoms with Gasteiger partial charge in [0.15, 0.2) is 0 Å². The van der Waals surface area contributed by atoms with Gasteiger partial charge in [0.25, 0.3) is 0 Å². The van der Waals surface area contributed by atoms with Crippen molar-refractivity contribution in [1.29, 1.82) is 0 Å². The van der Waals surface area contributed by atoms with Gasteiger partial charge in [-0.3, -0.25) is 9.88 Å². The third-order valence-corrected chi connectivity index (χ3v) is 5.56. The van der Waals surface area contributed by atoms with Crippen LogP contribution < -0.4 is 4.90 Å². The molecular formula is C21H25ClN4O2. The number of piperazine rings is 1. The molecule has 6 nitrogen and oxygen atoms in total. The lowest BCUT2D eigenvalue weighted by atomic mass is 10.0. The summed E-state index contributed by atoms with van der Waals surface area (Å²) in [6.45, 7) is 7.62. The first kappa shape index (κ1) is 19.0. The Morgan fingerprint density at radius 2 is 1.96 bits per heavy atom. The molecule has 148 valence electrons. The summed E-state index contributed by atoms with van der Waals surface area (Å²) in [5.41, 5.74) is 0.423. The summed E-state index contributed by atoms with van der Waals surface area (Å²) < 4.78 is 5.72. The van der Waals surface area contributed by atoms with E-state index >= 15 is 0 Å². The molecular weight excluding hydrogens is 376 g/mol. The first-order chi connectivity index (χ1) is 13.3. The van der Waals surface area contributed by atoms with Crippen molar-refractivity contribution >= 4 is 23.5 Å². The number of amides is 1. The predicted octanol–water partition coefficient (Wildman–Crippen LogP) is 4.11. The molecule has 1 saturated carbocycles. The fraction of sp³-hybridized carbons (Fsp3) is 0.476. The smallest absolute Gasteiger partial charge is 0.410 e. The van der Waals surface area contributed by atoms with E-state index in [9.17, 15) is 4.79 Å². The van der Waals surface area contributed by atoms with Gasteiger partial charge in [0.2, 0.25) is 0 Å². The van der Waals surface area contributed by atoms with Crippen LogP contribution in [0.5, 0.6) is 0 Å². The number of anilines is 1. The van der Waals surface area contributed by atoms with Crippen LogP contribution in [0, 0.1) is 0 Å². The lowest BCUT2D eigenvalue weighted by molar-refractivity contribution is 0.00974. The van der Waals surface area contributed by atoms with Crippen LogP contribution in [-0.4, -0.2) is 51.7 Å². The molecule has 1 aromatic carbocycles. The Kier molecular flexibility index (Phi) is 4.70. The zero-order chi connectivity index (χ0) is 19.9. The SMILES string of the molecule is CC(C)(C)OC(=O)N1CCN(c2cncc(Cl)n2)C[C@]12C[C@@H]2c1ccccc1. The van der Waals surface area contributed by atoms with Crippen molar-refractivity contribution < 1.29 is 9.53 Å². The van der Waals surface area contributed by atoms with Crippen molar-refractivity contribution in [3.05, 3.63) is 53.4 Å². The van der Waals surface area contributed by atoms with Gasteiger partial charge in [-0.1, -0.05) is 41.9 Å². The molecule has 0 unspecified atom stereocenters. The minimum absolute atomic E-state index is 0.247. The summed E-state index contributed by atoms with van der Waals surface area (Å²) >= 11 is 6.04. The van der Waals surface area contributed by atoms with Crippen LogP contribution in [0.4, 0.5) is 10.6 Å². The molecule has 2 aliphatic rings. The van der Waals surface area contributed by atoms with E-state index in [2.05, 4.69) is 27.0 Å². The fourth-order valence-electron chi connectivity index (χ4n) is 4.09. The second-order valence-corrected chi connectivity index (χ2v) is 8.91. The van der Waals surface area contributed by atoms with Gasteiger partial charge in [-0.05, 0) is 32.8 Å². The Morgan fingerprint density at radius 3 is 2.64 bits per heavy atom. The average Bonchev–Trinajstić information content (AvgIpc) is 3.34. The lowest BCUT2D eigenvalue weighted by Gasteiger charge is -2.43. The molecule has 1 aliphatic carbocycles. The summed E-state index contributed by atoms with van der Waals surface area (Å²) in [5.74, 6) is 1.02. The quantitative estimate of drug-likeness (QED) is 0.759. The summed E-state index contributed by atoms with van der Waals surface area (Å²) in [6.07, 6.45) is 3.91. The largest absolute Gasteiger partial charge is 0.444 e. The van der Waals surface area contributed by atoms with Gasteiger partial charge in [-0.25, -0.2) is 9.78 Å². The van der Waals surface area contributed by atoms with E-state index in [1.807, 2.05) is 43.9 Å². The van der Waals surface area contributed by atoms with Crippen LogP contribution in [0.3, 0.4) is 0 Å². The second kappa shape index (κ2) is 6.92. The lowest BCUT2D eigenvalue weighted by Crippen LogP contribution is -2.59. The van der Waals surface area contributed by atoms with E-state index < -0.39 is 5.60 Å². The van der Waals surface area contributed by atoms with Crippen molar-refractivity contribution in [3.8, 4) is 0 Å². The number of aromatic nitrogens is 2. The third-order valence-electron chi connectivity index (χ3n) is 5.37. The van der Waals surface area contributed by atoms with Crippen LogP contribution in [0.25, 0.3) is 0 Å². The first-order valence-corrected chi connectivity index (χ1v) is 9.94. The minimum Gasteiger partial charge on any atom is -0.444 e. The summed E-state index contributed by atoms with van der Waals surface area (Å²) in [4.78, 5) is 25.6. The van der Waals surface area contributed by atoms with Gasteiger partial charge in [-0.2, -0.15) is 0 Å². The molecule has 1 saturated heterocycles. The first-order valence-electron chi connectivity index (χ1n) is 9.57. The Morgan fingerprint density at radius 1 is 1.21 bits per heavy atom. The number of carbonyl (C=O) groups is 1. The highest BCUT2D eigenvalue weighted by atomic mass is 35.5. The van der Waals surface area contributed by atoms with E-state index in [4.69, 9.17) is 16.3 Å². The number of rotatable bonds is 2. The van der Waals surface area contributed by atoms with Gasteiger partial charge in [0.1, 0.15) is 16.6 Å². The summed E-state index contributed by atoms with van der Waals surface area (Å²) in [6, 6.07) is 10.4. The van der Waals surface area contributed by atoms with Crippen LogP contribution in [0.1, 0.15) is 38.7 Å². The topological polar surface area (TPSA) is 58.6 Å². The molecule has 2 atom stereocenters. The van der Waals surface area contributed by atoms with Gasteiger partial charge in [0.05, 0.1) is 17.9 Å². The van der Waals surface area contributed by atoms with Crippen molar-refractivity contribution in [2.75, 3.05) is 24.5 Å². The van der Waals surface area contributed by atoms with Crippen LogP contribution in [0.2, 0.25) is 5.15 Å². The molecule has 0 bridgehead atoms. The zero-order valence-electron chi connectivity index (χ0n) is 16.4. The summed E-state index contributed by atoms with van der Waals surface area (Å²) in [5, 5.41) is 0.372. The zero-order valence-corrected chi connectivity index (χ0v) is 17.2. The molecule has 2 fully saturated rings. The monoisotopic (exact) mass is 400 g/mol. The van der Waals surface area contributed by atoms with E-state index in [0.717, 1.165) is 12.2 Å². The number of halogens is 1. The normalized spacial score (nSPS) is 24.4. The highest BCUT2D eigenvalue weighted by Gasteiger charge is 2.63. The number of benzene rings is 1. The predicted molar refractivity (Wildman–Crippen MR) is 109 cm³/mol. The Labute approximate surface area is 170 Å². The van der Waals surface area contributed by atoms with Gasteiger partial charge >= 0.3 is 6.09 Å². The minimum atomic E-state index is -0.523. The van der Waals surface area contributed by atoms with E-state index in [1.165, 1.54) is 11.8 Å². The molecule has 0 N–H and O–H groups in total. The molecule has 1 spiro atoms. The molecule has 1 aliphatic heterocycles. The maximum atomic E-state index is 13.0. The average molecular weight is 401 g/mol. The Hall–Kier alpha value is -2.34. The van der Waals surface area contributed by atoms with Gasteiger partial charge < -0.3 is 9.64 Å². The third kappa shape index (κ3) is 3.65. The number of nitrogens with zero attached hydrogens (tertiary/aromatic N) is 4. The van der Waals surface area contributed by atoms with E-state index in [1.54, 1.807) is 6.20 Å². The molecule has 4 rings (SSSR count). The highest BCUT2D eigenvalue weighted by Crippen LogP contribution is 2.57. The molecule has 0 radical (unpaired) electrons. The highest BCUT2D eigenvalue weighted by molar-refractivity contribution is 6.29. The van der Waals surface area contributed by atoms with Gasteiger partial charge in [0, 0.05) is 25.6 Å². The van der Waals surface area contributed by atoms with Crippen molar-refractivity contribution in [2.24, 2.45) is 0 Å². The van der Waals surface area contributed by atoms with E-state index in [0.29, 0.717) is 24.8 Å². The van der Waals surface area contributed by atoms with E-state index in [-0.39, 0.29) is 17.6 Å². The van der Waals surface area contributed by atoms with Crippen molar-refractivity contribution in [3.63, 3.8) is 0 Å². The summed E-state index contributed by atoms with van der Waals surface area (Å²) in [7, 11) is 0. The molecule has 7 heteroatoms. The van der Waals surface area contributed by atoms with Crippen LogP contribution >= 0.6 is 11.6 Å². The maximum Gasteiger partial charge on any atom is 0.410 e. The Balaban J connectivity index is 1.63. The molecule has 1 aromatic heterocycles. The molecule has 28 heavy (non-hydrogen) atoms. The van der Waals surface area contributed by atoms with Crippen molar-refractivity contribution in [1.82, 2.24) is 14.9 Å². The van der Waals surface area contributed by atoms with Gasteiger partial charge in [-0.15, -0.1) is 0 Å². The Bertz CT molecular complexity index is 870. The van der Waals surface area contributed by atoms with Crippen LogP contribution in [-0.2, 0) is 4.74 Å². The molecule has 2 heterocycles. The van der Waals surface area contributed by atoms with Crippen molar-refractivity contribution in [2.45, 2.75) is 44.2 Å². The number of ether oxygens (including phenoxy) is 1. The molecule has 1 amide bonds. The maximum absolute atomic E-state index is 13.0. The van der Waals surface area contributed by atoms with Crippen LogP contribution in [0.15, 0.2) is 42.7 Å². The standard InChI is InChI=1S/C21H25ClN4O2/c1-20(2,3)28-19(27)26-10-9-25(18-13-23-12-17(22)24-18)14-21(26)11-16(21)15-7-5-4-6-8-15/h4-8,12-13,16H,9-11,14H2,1-3H3/t16-,21+/m1/s1. The number of carbonyl (C=O) groups excluding carboxylic acids is 1.